The molecule has 0 aromatic heterocycles. The van der Waals surface area contributed by atoms with E-state index in [2.05, 4.69) is 5.32 Å². The molecule has 7 nitrogen and oxygen atoms in total. The summed E-state index contributed by atoms with van der Waals surface area (Å²) in [5.74, 6) is -0.728. The SMILES string of the molecule is CCOC(=O)c1ccc(C)c(NC(=O)c2cccc(N3CCCCS3(=O)=O)c2)c1. The van der Waals surface area contributed by atoms with E-state index < -0.39 is 16.0 Å². The summed E-state index contributed by atoms with van der Waals surface area (Å²) in [4.78, 5) is 24.7. The lowest BCUT2D eigenvalue weighted by atomic mass is 10.1. The average Bonchev–Trinajstić information content (AvgIpc) is 2.69. The quantitative estimate of drug-likeness (QED) is 0.755. The number of benzene rings is 2. The molecule has 154 valence electrons. The third kappa shape index (κ3) is 4.76. The lowest BCUT2D eigenvalue weighted by Gasteiger charge is -2.28. The zero-order valence-electron chi connectivity index (χ0n) is 16.5. The maximum atomic E-state index is 12.8. The van der Waals surface area contributed by atoms with Gasteiger partial charge in [0, 0.05) is 17.8 Å². The molecule has 1 saturated heterocycles. The molecule has 1 N–H and O–H groups in total. The molecule has 1 heterocycles. The van der Waals surface area contributed by atoms with Gasteiger partial charge in [0.1, 0.15) is 0 Å². The molecular formula is C21H24N2O5S. The zero-order chi connectivity index (χ0) is 21.0. The van der Waals surface area contributed by atoms with Crippen LogP contribution in [0.2, 0.25) is 0 Å². The number of hydrogen-bond acceptors (Lipinski definition) is 5. The number of sulfonamides is 1. The molecule has 1 amide bonds. The molecule has 0 radical (unpaired) electrons. The van der Waals surface area contributed by atoms with Crippen LogP contribution in [-0.2, 0) is 14.8 Å². The van der Waals surface area contributed by atoms with Crippen molar-refractivity contribution in [3.8, 4) is 0 Å². The fourth-order valence-electron chi connectivity index (χ4n) is 3.17. The van der Waals surface area contributed by atoms with Crippen molar-refractivity contribution in [3.63, 3.8) is 0 Å². The van der Waals surface area contributed by atoms with E-state index in [0.717, 1.165) is 12.0 Å². The number of nitrogens with one attached hydrogen (secondary N) is 1. The number of carbonyl (C=O) groups excluding carboxylic acids is 2. The van der Waals surface area contributed by atoms with Crippen LogP contribution in [0.3, 0.4) is 0 Å². The highest BCUT2D eigenvalue weighted by Gasteiger charge is 2.26. The Morgan fingerprint density at radius 1 is 1.10 bits per heavy atom. The van der Waals surface area contributed by atoms with E-state index in [0.29, 0.717) is 35.5 Å². The minimum atomic E-state index is -3.36. The molecule has 2 aromatic rings. The van der Waals surface area contributed by atoms with Gasteiger partial charge in [0.05, 0.1) is 23.6 Å². The van der Waals surface area contributed by atoms with E-state index in [-0.39, 0.29) is 18.3 Å². The fraction of sp³-hybridized carbons (Fsp3) is 0.333. The summed E-state index contributed by atoms with van der Waals surface area (Å²) in [5.41, 5.74) is 2.46. The number of carbonyl (C=O) groups is 2. The normalized spacial score (nSPS) is 15.6. The first kappa shape index (κ1) is 20.9. The van der Waals surface area contributed by atoms with E-state index >= 15 is 0 Å². The summed E-state index contributed by atoms with van der Waals surface area (Å²) in [6.45, 7) is 4.22. The second-order valence-corrected chi connectivity index (χ2v) is 8.86. The van der Waals surface area contributed by atoms with E-state index in [1.165, 1.54) is 4.31 Å². The molecule has 3 rings (SSSR count). The number of ether oxygens (including phenoxy) is 1. The number of anilines is 2. The van der Waals surface area contributed by atoms with Crippen LogP contribution in [0.25, 0.3) is 0 Å². The summed E-state index contributed by atoms with van der Waals surface area (Å²) in [6, 6.07) is 11.5. The molecule has 0 aliphatic carbocycles. The van der Waals surface area contributed by atoms with Crippen LogP contribution in [0.15, 0.2) is 42.5 Å². The van der Waals surface area contributed by atoms with Gasteiger partial charge in [0.2, 0.25) is 10.0 Å². The molecule has 2 aromatic carbocycles. The third-order valence-electron chi connectivity index (χ3n) is 4.74. The molecular weight excluding hydrogens is 392 g/mol. The second-order valence-electron chi connectivity index (χ2n) is 6.85. The lowest BCUT2D eigenvalue weighted by molar-refractivity contribution is 0.0526. The monoisotopic (exact) mass is 416 g/mol. The van der Waals surface area contributed by atoms with Gasteiger partial charge in [-0.05, 0) is 62.6 Å². The van der Waals surface area contributed by atoms with Crippen molar-refractivity contribution in [1.29, 1.82) is 0 Å². The number of nitrogens with zero attached hydrogens (tertiary/aromatic N) is 1. The van der Waals surface area contributed by atoms with Crippen LogP contribution in [-0.4, -0.2) is 39.2 Å². The van der Waals surface area contributed by atoms with E-state index in [4.69, 9.17) is 4.74 Å². The first-order chi connectivity index (χ1) is 13.8. The Balaban J connectivity index is 1.83. The minimum Gasteiger partial charge on any atom is -0.462 e. The van der Waals surface area contributed by atoms with Crippen LogP contribution >= 0.6 is 0 Å². The highest BCUT2D eigenvalue weighted by Crippen LogP contribution is 2.25. The number of amides is 1. The Morgan fingerprint density at radius 3 is 2.62 bits per heavy atom. The van der Waals surface area contributed by atoms with Crippen LogP contribution in [0.4, 0.5) is 11.4 Å². The molecule has 1 aliphatic heterocycles. The molecule has 0 bridgehead atoms. The molecule has 29 heavy (non-hydrogen) atoms. The van der Waals surface area contributed by atoms with Gasteiger partial charge in [0.25, 0.3) is 5.91 Å². The summed E-state index contributed by atoms with van der Waals surface area (Å²) in [5, 5.41) is 2.80. The van der Waals surface area contributed by atoms with E-state index in [1.807, 2.05) is 6.92 Å². The highest BCUT2D eigenvalue weighted by atomic mass is 32.2. The van der Waals surface area contributed by atoms with Crippen molar-refractivity contribution >= 4 is 33.3 Å². The van der Waals surface area contributed by atoms with Crippen LogP contribution < -0.4 is 9.62 Å². The van der Waals surface area contributed by atoms with Crippen molar-refractivity contribution in [2.45, 2.75) is 26.7 Å². The molecule has 1 aliphatic rings. The molecule has 0 spiro atoms. The molecule has 1 fully saturated rings. The highest BCUT2D eigenvalue weighted by molar-refractivity contribution is 7.92. The lowest BCUT2D eigenvalue weighted by Crippen LogP contribution is -2.37. The topological polar surface area (TPSA) is 92.8 Å². The van der Waals surface area contributed by atoms with Crippen molar-refractivity contribution in [3.05, 3.63) is 59.2 Å². The summed E-state index contributed by atoms with van der Waals surface area (Å²) in [6.07, 6.45) is 1.44. The molecule has 0 unspecified atom stereocenters. The standard InChI is InChI=1S/C21H24N2O5S/c1-3-28-21(25)17-10-9-15(2)19(14-17)22-20(24)16-7-6-8-18(13-16)23-11-4-5-12-29(23,26)27/h6-10,13-14H,3-5,11-12H2,1-2H3,(H,22,24). The van der Waals surface area contributed by atoms with Crippen LogP contribution in [0, 0.1) is 6.92 Å². The first-order valence-corrected chi connectivity index (χ1v) is 11.1. The van der Waals surface area contributed by atoms with Gasteiger partial charge in [-0.2, -0.15) is 0 Å². The van der Waals surface area contributed by atoms with Gasteiger partial charge in [-0.15, -0.1) is 0 Å². The van der Waals surface area contributed by atoms with Crippen molar-refractivity contribution in [1.82, 2.24) is 0 Å². The Labute approximate surface area is 170 Å². The predicted molar refractivity (Wildman–Crippen MR) is 112 cm³/mol. The minimum absolute atomic E-state index is 0.114. The Bertz CT molecular complexity index is 1030. The average molecular weight is 416 g/mol. The van der Waals surface area contributed by atoms with Gasteiger partial charge in [0.15, 0.2) is 0 Å². The largest absolute Gasteiger partial charge is 0.462 e. The first-order valence-electron chi connectivity index (χ1n) is 9.51. The Hall–Kier alpha value is -2.87. The molecule has 0 atom stereocenters. The van der Waals surface area contributed by atoms with Crippen molar-refractivity contribution in [2.24, 2.45) is 0 Å². The molecule has 0 saturated carbocycles. The predicted octanol–water partition coefficient (Wildman–Crippen LogP) is 3.35. The van der Waals surface area contributed by atoms with Crippen LogP contribution in [0.1, 0.15) is 46.0 Å². The smallest absolute Gasteiger partial charge is 0.338 e. The summed E-state index contributed by atoms with van der Waals surface area (Å²) in [7, 11) is -3.36. The number of aryl methyl sites for hydroxylation is 1. The number of rotatable bonds is 5. The number of hydrogen-bond donors (Lipinski definition) is 1. The van der Waals surface area contributed by atoms with Gasteiger partial charge < -0.3 is 10.1 Å². The Kier molecular flexibility index (Phi) is 6.22. The third-order valence-corrected chi connectivity index (χ3v) is 6.61. The number of esters is 1. The maximum absolute atomic E-state index is 12.8. The van der Waals surface area contributed by atoms with Crippen molar-refractivity contribution < 1.29 is 22.7 Å². The Morgan fingerprint density at radius 2 is 1.90 bits per heavy atom. The maximum Gasteiger partial charge on any atom is 0.338 e. The van der Waals surface area contributed by atoms with Gasteiger partial charge >= 0.3 is 5.97 Å². The van der Waals surface area contributed by atoms with E-state index in [9.17, 15) is 18.0 Å². The van der Waals surface area contributed by atoms with Crippen LogP contribution in [0.5, 0.6) is 0 Å². The second kappa shape index (κ2) is 8.65. The van der Waals surface area contributed by atoms with Gasteiger partial charge in [-0.1, -0.05) is 12.1 Å². The van der Waals surface area contributed by atoms with Gasteiger partial charge in [-0.3, -0.25) is 9.10 Å². The van der Waals surface area contributed by atoms with Gasteiger partial charge in [-0.25, -0.2) is 13.2 Å². The summed E-state index contributed by atoms with van der Waals surface area (Å²) < 4.78 is 31.0. The summed E-state index contributed by atoms with van der Waals surface area (Å²) >= 11 is 0. The van der Waals surface area contributed by atoms with E-state index in [1.54, 1.807) is 49.4 Å². The fourth-order valence-corrected chi connectivity index (χ4v) is 4.81. The molecule has 8 heteroatoms. The zero-order valence-corrected chi connectivity index (χ0v) is 17.3. The van der Waals surface area contributed by atoms with Crippen molar-refractivity contribution in [2.75, 3.05) is 28.5 Å².